The number of thiophene rings is 1. The first kappa shape index (κ1) is 10.6. The van der Waals surface area contributed by atoms with Gasteiger partial charge >= 0.3 is 0 Å². The van der Waals surface area contributed by atoms with Crippen LogP contribution in [-0.2, 0) is 6.42 Å². The van der Waals surface area contributed by atoms with Gasteiger partial charge in [-0.1, -0.05) is 6.92 Å². The average molecular weight is 238 g/mol. The first-order valence-electron chi connectivity index (χ1n) is 5.02. The highest BCUT2D eigenvalue weighted by atomic mass is 32.1. The van der Waals surface area contributed by atoms with Crippen LogP contribution >= 0.6 is 22.7 Å². The normalized spacial score (nSPS) is 12.7. The van der Waals surface area contributed by atoms with E-state index < -0.39 is 0 Å². The van der Waals surface area contributed by atoms with Gasteiger partial charge in [0.2, 0.25) is 0 Å². The van der Waals surface area contributed by atoms with Gasteiger partial charge in [-0.15, -0.1) is 11.3 Å². The van der Waals surface area contributed by atoms with Crippen LogP contribution in [0.4, 0.5) is 5.13 Å². The van der Waals surface area contributed by atoms with Crippen molar-refractivity contribution in [2.24, 2.45) is 0 Å². The summed E-state index contributed by atoms with van der Waals surface area (Å²) in [6.45, 7) is 4.29. The molecule has 2 heterocycles. The van der Waals surface area contributed by atoms with Crippen LogP contribution in [0.2, 0.25) is 0 Å². The Hall–Kier alpha value is -0.870. The number of thiazole rings is 1. The second-order valence-corrected chi connectivity index (χ2v) is 5.06. The molecule has 0 saturated heterocycles. The Kier molecular flexibility index (Phi) is 3.38. The van der Waals surface area contributed by atoms with Crippen LogP contribution in [0.1, 0.15) is 31.1 Å². The van der Waals surface area contributed by atoms with Gasteiger partial charge < -0.3 is 5.32 Å². The molecule has 0 spiro atoms. The maximum absolute atomic E-state index is 4.49. The molecule has 2 rings (SSSR count). The lowest BCUT2D eigenvalue weighted by atomic mass is 10.2. The third-order valence-electron chi connectivity index (χ3n) is 2.30. The van der Waals surface area contributed by atoms with Crippen molar-refractivity contribution in [3.05, 3.63) is 33.5 Å². The van der Waals surface area contributed by atoms with Crippen LogP contribution in [0.15, 0.2) is 22.2 Å². The van der Waals surface area contributed by atoms with Crippen molar-refractivity contribution in [2.45, 2.75) is 26.3 Å². The molecule has 0 aliphatic rings. The van der Waals surface area contributed by atoms with Gasteiger partial charge in [0, 0.05) is 5.38 Å². The van der Waals surface area contributed by atoms with Crippen molar-refractivity contribution in [3.63, 3.8) is 0 Å². The Morgan fingerprint density at radius 3 is 2.93 bits per heavy atom. The number of rotatable bonds is 4. The molecular formula is C11H14N2S2. The lowest BCUT2D eigenvalue weighted by Crippen LogP contribution is -2.05. The maximum Gasteiger partial charge on any atom is 0.183 e. The molecule has 0 radical (unpaired) electrons. The molecule has 0 bridgehead atoms. The summed E-state index contributed by atoms with van der Waals surface area (Å²) in [7, 11) is 0. The Morgan fingerprint density at radius 1 is 1.47 bits per heavy atom. The third-order valence-corrected chi connectivity index (χ3v) is 3.82. The summed E-state index contributed by atoms with van der Waals surface area (Å²) in [6.07, 6.45) is 1.00. The van der Waals surface area contributed by atoms with E-state index in [1.165, 1.54) is 11.3 Å². The highest BCUT2D eigenvalue weighted by Gasteiger charge is 2.07. The van der Waals surface area contributed by atoms with Crippen molar-refractivity contribution < 1.29 is 0 Å². The maximum atomic E-state index is 4.49. The van der Waals surface area contributed by atoms with Crippen LogP contribution in [0, 0.1) is 0 Å². The van der Waals surface area contributed by atoms with Gasteiger partial charge in [-0.05, 0) is 35.7 Å². The average Bonchev–Trinajstić information content (AvgIpc) is 2.87. The van der Waals surface area contributed by atoms with E-state index in [1.807, 2.05) is 0 Å². The molecule has 4 heteroatoms. The molecule has 1 unspecified atom stereocenters. The molecule has 15 heavy (non-hydrogen) atoms. The molecule has 1 atom stereocenters. The molecule has 80 valence electrons. The van der Waals surface area contributed by atoms with E-state index in [9.17, 15) is 0 Å². The van der Waals surface area contributed by atoms with E-state index in [4.69, 9.17) is 0 Å². The third kappa shape index (κ3) is 2.58. The molecule has 0 aliphatic heterocycles. The second-order valence-electron chi connectivity index (χ2n) is 3.42. The van der Waals surface area contributed by atoms with Gasteiger partial charge in [0.15, 0.2) is 5.13 Å². The Bertz CT molecular complexity index is 406. The first-order valence-corrected chi connectivity index (χ1v) is 6.85. The summed E-state index contributed by atoms with van der Waals surface area (Å²) in [6, 6.07) is 2.49. The van der Waals surface area contributed by atoms with Gasteiger partial charge in [-0.25, -0.2) is 4.98 Å². The van der Waals surface area contributed by atoms with Crippen molar-refractivity contribution in [1.82, 2.24) is 4.98 Å². The van der Waals surface area contributed by atoms with Crippen molar-refractivity contribution in [1.29, 1.82) is 0 Å². The molecule has 0 aliphatic carbocycles. The molecule has 1 N–H and O–H groups in total. The number of nitrogens with zero attached hydrogens (tertiary/aromatic N) is 1. The van der Waals surface area contributed by atoms with Crippen LogP contribution in [0.3, 0.4) is 0 Å². The summed E-state index contributed by atoms with van der Waals surface area (Å²) in [5.74, 6) is 0. The number of aryl methyl sites for hydroxylation is 1. The molecule has 2 nitrogen and oxygen atoms in total. The molecular weight excluding hydrogens is 224 g/mol. The molecule has 0 aromatic carbocycles. The van der Waals surface area contributed by atoms with Gasteiger partial charge in [-0.3, -0.25) is 0 Å². The lowest BCUT2D eigenvalue weighted by molar-refractivity contribution is 0.883. The van der Waals surface area contributed by atoms with Crippen LogP contribution in [0.5, 0.6) is 0 Å². The summed E-state index contributed by atoms with van der Waals surface area (Å²) in [4.78, 5) is 4.49. The van der Waals surface area contributed by atoms with Crippen LogP contribution in [0.25, 0.3) is 0 Å². The predicted octanol–water partition coefficient (Wildman–Crippen LogP) is 3.94. The van der Waals surface area contributed by atoms with Crippen molar-refractivity contribution in [2.75, 3.05) is 5.32 Å². The van der Waals surface area contributed by atoms with Crippen LogP contribution < -0.4 is 5.32 Å². The fraction of sp³-hybridized carbons (Fsp3) is 0.364. The zero-order valence-electron chi connectivity index (χ0n) is 8.86. The highest BCUT2D eigenvalue weighted by Crippen LogP contribution is 2.23. The number of nitrogens with one attached hydrogen (secondary N) is 1. The smallest absolute Gasteiger partial charge is 0.183 e. The largest absolute Gasteiger partial charge is 0.355 e. The number of hydrogen-bond donors (Lipinski definition) is 1. The number of aromatic nitrogens is 1. The zero-order valence-corrected chi connectivity index (χ0v) is 10.5. The second kappa shape index (κ2) is 4.77. The van der Waals surface area contributed by atoms with Gasteiger partial charge in [-0.2, -0.15) is 11.3 Å². The minimum absolute atomic E-state index is 0.340. The lowest BCUT2D eigenvalue weighted by Gasteiger charge is -2.10. The van der Waals surface area contributed by atoms with E-state index in [-0.39, 0.29) is 0 Å². The van der Waals surface area contributed by atoms with Gasteiger partial charge in [0.1, 0.15) is 0 Å². The zero-order chi connectivity index (χ0) is 10.7. The van der Waals surface area contributed by atoms with Gasteiger partial charge in [0.25, 0.3) is 0 Å². The molecule has 0 saturated carbocycles. The first-order chi connectivity index (χ1) is 7.29. The van der Waals surface area contributed by atoms with E-state index in [2.05, 4.69) is 46.4 Å². The number of hydrogen-bond acceptors (Lipinski definition) is 4. The molecule has 0 fully saturated rings. The minimum Gasteiger partial charge on any atom is -0.355 e. The van der Waals surface area contributed by atoms with Gasteiger partial charge in [0.05, 0.1) is 11.7 Å². The minimum atomic E-state index is 0.340. The Labute approximate surface area is 98.0 Å². The fourth-order valence-electron chi connectivity index (χ4n) is 1.33. The predicted molar refractivity (Wildman–Crippen MR) is 67.8 cm³/mol. The van der Waals surface area contributed by atoms with Crippen molar-refractivity contribution in [3.8, 4) is 0 Å². The SMILES string of the molecule is CCc1csc(NC(C)c2ccsc2)n1. The molecule has 2 aromatic rings. The summed E-state index contributed by atoms with van der Waals surface area (Å²) in [5.41, 5.74) is 2.49. The number of anilines is 1. The Morgan fingerprint density at radius 2 is 2.33 bits per heavy atom. The van der Waals surface area contributed by atoms with E-state index in [0.717, 1.165) is 11.6 Å². The fourth-order valence-corrected chi connectivity index (χ4v) is 2.96. The topological polar surface area (TPSA) is 24.9 Å². The summed E-state index contributed by atoms with van der Waals surface area (Å²) in [5, 5.41) is 10.8. The van der Waals surface area contributed by atoms with E-state index in [0.29, 0.717) is 6.04 Å². The molecule has 2 aromatic heterocycles. The summed E-state index contributed by atoms with van der Waals surface area (Å²) >= 11 is 3.41. The monoisotopic (exact) mass is 238 g/mol. The highest BCUT2D eigenvalue weighted by molar-refractivity contribution is 7.13. The van der Waals surface area contributed by atoms with E-state index in [1.54, 1.807) is 22.7 Å². The standard InChI is InChI=1S/C11H14N2S2/c1-3-10-7-15-11(13-10)12-8(2)9-4-5-14-6-9/h4-8H,3H2,1-2H3,(H,12,13). The molecule has 0 amide bonds. The Balaban J connectivity index is 2.02. The quantitative estimate of drug-likeness (QED) is 0.872. The van der Waals surface area contributed by atoms with Crippen molar-refractivity contribution >= 4 is 27.8 Å². The van der Waals surface area contributed by atoms with E-state index >= 15 is 0 Å². The summed E-state index contributed by atoms with van der Waals surface area (Å²) < 4.78 is 0. The van der Waals surface area contributed by atoms with Crippen LogP contribution in [-0.4, -0.2) is 4.98 Å².